The van der Waals surface area contributed by atoms with E-state index in [2.05, 4.69) is 15.2 Å². The van der Waals surface area contributed by atoms with E-state index in [9.17, 15) is 9.59 Å². The van der Waals surface area contributed by atoms with E-state index in [-0.39, 0.29) is 24.3 Å². The van der Waals surface area contributed by atoms with E-state index in [1.54, 1.807) is 0 Å². The van der Waals surface area contributed by atoms with Crippen LogP contribution in [0.15, 0.2) is 83.9 Å². The number of hydrogen-bond donors (Lipinski definition) is 2. The number of benzene rings is 3. The van der Waals surface area contributed by atoms with Gasteiger partial charge in [-0.1, -0.05) is 59.6 Å². The molecule has 7 nitrogen and oxygen atoms in total. The van der Waals surface area contributed by atoms with E-state index in [1.165, 1.54) is 11.8 Å². The third kappa shape index (κ3) is 6.37. The van der Waals surface area contributed by atoms with Crippen LogP contribution in [0, 0.1) is 0 Å². The zero-order valence-corrected chi connectivity index (χ0v) is 26.9. The van der Waals surface area contributed by atoms with E-state index in [1.807, 2.05) is 90.8 Å². The van der Waals surface area contributed by atoms with Crippen molar-refractivity contribution in [3.05, 3.63) is 100 Å². The second kappa shape index (κ2) is 13.5. The standard InChI is InChI=1S/C34H36Cl2N4O3S/c1-23(24-8-10-25(35)11-9-24)40-31(41)21-34(44-27-6-3-2-4-7-27,33(42)37-14-5-15-39-16-18-43-19-17-39)32(40)29-22-38-30-20-26(36)12-13-28(29)30/h2-4,6-13,20,22-23,32,38H,5,14-19,21H2,1H3,(H,37,42)/t23-,32+,34+/m0/s1. The van der Waals surface area contributed by atoms with Crippen LogP contribution in [0.25, 0.3) is 10.9 Å². The van der Waals surface area contributed by atoms with Crippen molar-refractivity contribution in [3.63, 3.8) is 0 Å². The number of H-pyrrole nitrogens is 1. The van der Waals surface area contributed by atoms with Crippen LogP contribution in [0.2, 0.25) is 10.0 Å². The van der Waals surface area contributed by atoms with Crippen LogP contribution < -0.4 is 5.32 Å². The number of nitrogens with one attached hydrogen (secondary N) is 2. The van der Waals surface area contributed by atoms with Gasteiger partial charge in [0.2, 0.25) is 11.8 Å². The van der Waals surface area contributed by atoms with Gasteiger partial charge in [0.15, 0.2) is 0 Å². The summed E-state index contributed by atoms with van der Waals surface area (Å²) in [6, 6.07) is 22.3. The number of carbonyl (C=O) groups is 2. The first-order chi connectivity index (χ1) is 21.4. The molecule has 2 amide bonds. The minimum atomic E-state index is -1.13. The van der Waals surface area contributed by atoms with Gasteiger partial charge in [0.25, 0.3) is 0 Å². The van der Waals surface area contributed by atoms with E-state index in [0.29, 0.717) is 16.6 Å². The molecule has 2 N–H and O–H groups in total. The SMILES string of the molecule is C[C@@H](c1ccc(Cl)cc1)N1C(=O)C[C@](Sc2ccccc2)(C(=O)NCCCN2CCOCC2)[C@H]1c1c[nH]c2cc(Cl)ccc12. The second-order valence-corrected chi connectivity index (χ2v) is 13.7. The fourth-order valence-corrected chi connectivity index (χ4v) is 8.12. The van der Waals surface area contributed by atoms with Crippen molar-refractivity contribution in [3.8, 4) is 0 Å². The molecule has 0 unspecified atom stereocenters. The highest BCUT2D eigenvalue weighted by molar-refractivity contribution is 8.01. The van der Waals surface area contributed by atoms with Crippen molar-refractivity contribution in [2.24, 2.45) is 0 Å². The van der Waals surface area contributed by atoms with Crippen molar-refractivity contribution in [1.29, 1.82) is 0 Å². The molecule has 0 bridgehead atoms. The number of aromatic amines is 1. The molecule has 0 aliphatic carbocycles. The minimum absolute atomic E-state index is 0.0602. The molecule has 0 spiro atoms. The summed E-state index contributed by atoms with van der Waals surface area (Å²) >= 11 is 14.0. The van der Waals surface area contributed by atoms with Crippen LogP contribution in [0.5, 0.6) is 0 Å². The van der Waals surface area contributed by atoms with Gasteiger partial charge in [-0.25, -0.2) is 0 Å². The summed E-state index contributed by atoms with van der Waals surface area (Å²) in [6.45, 7) is 6.71. The Morgan fingerprint density at radius 1 is 1.07 bits per heavy atom. The van der Waals surface area contributed by atoms with Gasteiger partial charge in [0.1, 0.15) is 4.75 Å². The number of hydrogen-bond acceptors (Lipinski definition) is 5. The van der Waals surface area contributed by atoms with Crippen LogP contribution in [-0.2, 0) is 14.3 Å². The van der Waals surface area contributed by atoms with Crippen LogP contribution in [0.3, 0.4) is 0 Å². The maximum absolute atomic E-state index is 14.6. The molecule has 0 saturated carbocycles. The number of fused-ring (bicyclic) bond motifs is 1. The Balaban J connectivity index is 1.41. The van der Waals surface area contributed by atoms with Gasteiger partial charge in [-0.15, -0.1) is 11.8 Å². The largest absolute Gasteiger partial charge is 0.379 e. The van der Waals surface area contributed by atoms with Gasteiger partial charge in [-0.2, -0.15) is 0 Å². The van der Waals surface area contributed by atoms with Gasteiger partial charge in [-0.3, -0.25) is 14.5 Å². The molecule has 10 heteroatoms. The Kier molecular flexibility index (Phi) is 9.54. The number of thioether (sulfide) groups is 1. The molecule has 2 aliphatic rings. The average Bonchev–Trinajstić information content (AvgIpc) is 3.57. The Morgan fingerprint density at radius 3 is 2.55 bits per heavy atom. The summed E-state index contributed by atoms with van der Waals surface area (Å²) in [5, 5.41) is 5.43. The number of likely N-dealkylation sites (tertiary alicyclic amines) is 1. The lowest BCUT2D eigenvalue weighted by Gasteiger charge is -2.39. The second-order valence-electron chi connectivity index (χ2n) is 11.4. The Bertz CT molecular complexity index is 1610. The monoisotopic (exact) mass is 650 g/mol. The molecule has 4 aromatic rings. The van der Waals surface area contributed by atoms with E-state index < -0.39 is 10.8 Å². The number of nitrogens with zero attached hydrogens (tertiary/aromatic N) is 2. The molecular weight excluding hydrogens is 615 g/mol. The predicted octanol–water partition coefficient (Wildman–Crippen LogP) is 6.88. The number of halogens is 2. The van der Waals surface area contributed by atoms with Crippen molar-refractivity contribution in [2.45, 2.75) is 41.5 Å². The van der Waals surface area contributed by atoms with Crippen LogP contribution in [0.4, 0.5) is 0 Å². The van der Waals surface area contributed by atoms with E-state index >= 15 is 0 Å². The summed E-state index contributed by atoms with van der Waals surface area (Å²) in [5.41, 5.74) is 2.69. The third-order valence-electron chi connectivity index (χ3n) is 8.63. The molecule has 230 valence electrons. The molecular formula is C34H36Cl2N4O3S. The number of morpholine rings is 1. The van der Waals surface area contributed by atoms with Gasteiger partial charge >= 0.3 is 0 Å². The zero-order chi connectivity index (χ0) is 30.7. The predicted molar refractivity (Wildman–Crippen MR) is 177 cm³/mol. The highest BCUT2D eigenvalue weighted by Crippen LogP contribution is 2.56. The maximum Gasteiger partial charge on any atom is 0.239 e. The summed E-state index contributed by atoms with van der Waals surface area (Å²) in [7, 11) is 0. The molecule has 2 fully saturated rings. The van der Waals surface area contributed by atoms with Crippen LogP contribution in [0.1, 0.15) is 43.0 Å². The maximum atomic E-state index is 14.6. The fourth-order valence-electron chi connectivity index (χ4n) is 6.39. The lowest BCUT2D eigenvalue weighted by Crippen LogP contribution is -2.49. The van der Waals surface area contributed by atoms with E-state index in [4.69, 9.17) is 27.9 Å². The third-order valence-corrected chi connectivity index (χ3v) is 10.5. The normalized spacial score (nSPS) is 21.6. The molecule has 1 aromatic heterocycles. The summed E-state index contributed by atoms with van der Waals surface area (Å²) in [6.07, 6.45) is 2.80. The molecule has 3 heterocycles. The topological polar surface area (TPSA) is 77.7 Å². The summed E-state index contributed by atoms with van der Waals surface area (Å²) in [5.74, 6) is -0.214. The molecule has 0 radical (unpaired) electrons. The number of ether oxygens (including phenoxy) is 1. The number of rotatable bonds is 10. The highest BCUT2D eigenvalue weighted by Gasteiger charge is 2.59. The molecule has 6 rings (SSSR count). The van der Waals surface area contributed by atoms with Crippen LogP contribution >= 0.6 is 35.0 Å². The lowest BCUT2D eigenvalue weighted by atomic mass is 9.90. The number of amides is 2. The summed E-state index contributed by atoms with van der Waals surface area (Å²) < 4.78 is 4.34. The highest BCUT2D eigenvalue weighted by atomic mass is 35.5. The average molecular weight is 652 g/mol. The molecule has 3 atom stereocenters. The Hall–Kier alpha value is -3.01. The van der Waals surface area contributed by atoms with Gasteiger partial charge in [0.05, 0.1) is 31.7 Å². The number of aromatic nitrogens is 1. The van der Waals surface area contributed by atoms with Crippen molar-refractivity contribution in [1.82, 2.24) is 20.1 Å². The van der Waals surface area contributed by atoms with Crippen molar-refractivity contribution < 1.29 is 14.3 Å². The van der Waals surface area contributed by atoms with E-state index in [0.717, 1.165) is 66.2 Å². The Labute approximate surface area is 272 Å². The molecule has 44 heavy (non-hydrogen) atoms. The molecule has 2 saturated heterocycles. The first-order valence-corrected chi connectivity index (χ1v) is 16.6. The first-order valence-electron chi connectivity index (χ1n) is 15.0. The first kappa shape index (κ1) is 31.0. The van der Waals surface area contributed by atoms with Crippen molar-refractivity contribution in [2.75, 3.05) is 39.4 Å². The molecule has 3 aromatic carbocycles. The Morgan fingerprint density at radius 2 is 1.80 bits per heavy atom. The van der Waals surface area contributed by atoms with Gasteiger partial charge in [0, 0.05) is 57.2 Å². The van der Waals surface area contributed by atoms with Crippen LogP contribution in [-0.4, -0.2) is 70.7 Å². The zero-order valence-electron chi connectivity index (χ0n) is 24.6. The number of carbonyl (C=O) groups excluding carboxylic acids is 2. The minimum Gasteiger partial charge on any atom is -0.379 e. The smallest absolute Gasteiger partial charge is 0.239 e. The quantitative estimate of drug-likeness (QED) is 0.183. The fraction of sp³-hybridized carbons (Fsp3) is 0.353. The molecule has 2 aliphatic heterocycles. The lowest BCUT2D eigenvalue weighted by molar-refractivity contribution is -0.131. The van der Waals surface area contributed by atoms with Gasteiger partial charge in [-0.05, 0) is 61.9 Å². The summed E-state index contributed by atoms with van der Waals surface area (Å²) in [4.78, 5) is 37.4. The van der Waals surface area contributed by atoms with Gasteiger partial charge < -0.3 is 19.9 Å². The van der Waals surface area contributed by atoms with Crippen molar-refractivity contribution >= 4 is 57.7 Å².